The first kappa shape index (κ1) is 18.3. The monoisotopic (exact) mass is 349 g/mol. The van der Waals surface area contributed by atoms with Crippen LogP contribution in [-0.4, -0.2) is 15.0 Å². The number of benzene rings is 1. The molecule has 0 radical (unpaired) electrons. The van der Waals surface area contributed by atoms with Gasteiger partial charge in [-0.05, 0) is 19.1 Å². The first-order chi connectivity index (χ1) is 11.7. The summed E-state index contributed by atoms with van der Waals surface area (Å²) in [6.45, 7) is 1.55. The van der Waals surface area contributed by atoms with Crippen molar-refractivity contribution in [3.05, 3.63) is 74.1 Å². The van der Waals surface area contributed by atoms with Gasteiger partial charge in [-0.15, -0.1) is 0 Å². The summed E-state index contributed by atoms with van der Waals surface area (Å²) in [4.78, 5) is 35.5. The maximum atomic E-state index is 13.7. The topological polar surface area (TPSA) is 73.1 Å². The van der Waals surface area contributed by atoms with E-state index in [0.29, 0.717) is 0 Å². The number of amides is 1. The number of nitrogens with zero attached hydrogens (tertiary/aromatic N) is 2. The summed E-state index contributed by atoms with van der Waals surface area (Å²) >= 11 is 0. The van der Waals surface area contributed by atoms with Gasteiger partial charge in [-0.3, -0.25) is 14.2 Å². The van der Waals surface area contributed by atoms with Gasteiger partial charge in [0.15, 0.2) is 0 Å². The van der Waals surface area contributed by atoms with Crippen molar-refractivity contribution in [3.8, 4) is 0 Å². The molecule has 8 heteroatoms. The second-order valence-corrected chi connectivity index (χ2v) is 5.57. The van der Waals surface area contributed by atoms with Crippen molar-refractivity contribution in [3.63, 3.8) is 0 Å². The van der Waals surface area contributed by atoms with Crippen LogP contribution in [0.2, 0.25) is 0 Å². The van der Waals surface area contributed by atoms with Crippen LogP contribution in [-0.2, 0) is 18.9 Å². The third-order valence-electron chi connectivity index (χ3n) is 3.68. The second-order valence-electron chi connectivity index (χ2n) is 5.57. The fourth-order valence-electron chi connectivity index (χ4n) is 2.31. The number of aryl methyl sites for hydroxylation is 1. The largest absolute Gasteiger partial charge is 0.346 e. The maximum absolute atomic E-state index is 13.7. The summed E-state index contributed by atoms with van der Waals surface area (Å²) in [7, 11) is 2.82. The fourth-order valence-corrected chi connectivity index (χ4v) is 2.31. The summed E-state index contributed by atoms with van der Waals surface area (Å²) in [5, 5.41) is 2.52. The Hall–Kier alpha value is -3.03. The van der Waals surface area contributed by atoms with E-state index in [0.717, 1.165) is 22.8 Å². The number of nitrogens with one attached hydrogen (secondary N) is 1. The van der Waals surface area contributed by atoms with Gasteiger partial charge in [0.05, 0.1) is 11.6 Å². The highest BCUT2D eigenvalue weighted by atomic mass is 19.1. The van der Waals surface area contributed by atoms with Gasteiger partial charge in [-0.25, -0.2) is 13.6 Å². The summed E-state index contributed by atoms with van der Waals surface area (Å²) in [6, 6.07) is 2.40. The van der Waals surface area contributed by atoms with Crippen molar-refractivity contribution in [2.45, 2.75) is 13.0 Å². The molecule has 0 fully saturated rings. The SMILES string of the molecule is CC(NC(=O)C=Cc1cn(C)c(=O)n(C)c1=O)c1ccc(F)cc1F. The van der Waals surface area contributed by atoms with Crippen LogP contribution in [0, 0.1) is 11.6 Å². The van der Waals surface area contributed by atoms with Crippen molar-refractivity contribution in [1.29, 1.82) is 0 Å². The molecule has 132 valence electrons. The lowest BCUT2D eigenvalue weighted by Crippen LogP contribution is -2.37. The normalized spacial score (nSPS) is 12.4. The first-order valence-corrected chi connectivity index (χ1v) is 7.41. The molecule has 25 heavy (non-hydrogen) atoms. The predicted molar refractivity (Wildman–Crippen MR) is 88.9 cm³/mol. The van der Waals surface area contributed by atoms with E-state index in [1.165, 1.54) is 37.0 Å². The average Bonchev–Trinajstić information content (AvgIpc) is 2.54. The quantitative estimate of drug-likeness (QED) is 0.845. The Morgan fingerprint density at radius 3 is 2.56 bits per heavy atom. The average molecular weight is 349 g/mol. The smallest absolute Gasteiger partial charge is 0.330 e. The molecule has 1 aromatic heterocycles. The molecule has 0 aliphatic heterocycles. The minimum Gasteiger partial charge on any atom is -0.346 e. The highest BCUT2D eigenvalue weighted by Gasteiger charge is 2.13. The second kappa shape index (κ2) is 7.25. The van der Waals surface area contributed by atoms with Crippen LogP contribution in [0.25, 0.3) is 6.08 Å². The molecule has 0 spiro atoms. The van der Waals surface area contributed by atoms with Gasteiger partial charge in [0.1, 0.15) is 11.6 Å². The van der Waals surface area contributed by atoms with Crippen LogP contribution in [0.5, 0.6) is 0 Å². The lowest BCUT2D eigenvalue weighted by atomic mass is 10.1. The van der Waals surface area contributed by atoms with Crippen LogP contribution < -0.4 is 16.6 Å². The van der Waals surface area contributed by atoms with Gasteiger partial charge < -0.3 is 9.88 Å². The van der Waals surface area contributed by atoms with Crippen molar-refractivity contribution in [2.75, 3.05) is 0 Å². The number of hydrogen-bond acceptors (Lipinski definition) is 3. The number of carbonyl (C=O) groups is 1. The first-order valence-electron chi connectivity index (χ1n) is 7.41. The Bertz CT molecular complexity index is 961. The number of aromatic nitrogens is 2. The predicted octanol–water partition coefficient (Wildman–Crippen LogP) is 1.25. The Balaban J connectivity index is 2.16. The molecule has 1 aromatic carbocycles. The molecule has 2 rings (SSSR count). The molecule has 2 aromatic rings. The minimum absolute atomic E-state index is 0.140. The zero-order valence-electron chi connectivity index (χ0n) is 13.9. The molecule has 1 amide bonds. The summed E-state index contributed by atoms with van der Waals surface area (Å²) in [5.74, 6) is -2.03. The van der Waals surface area contributed by atoms with Gasteiger partial charge in [0.25, 0.3) is 5.56 Å². The highest BCUT2D eigenvalue weighted by molar-refractivity contribution is 5.91. The van der Waals surface area contributed by atoms with Crippen molar-refractivity contribution >= 4 is 12.0 Å². The standard InChI is InChI=1S/C17H17F2N3O3/c1-10(13-6-5-12(18)8-14(13)19)20-15(23)7-4-11-9-21(2)17(25)22(3)16(11)24/h4-10H,1-3H3,(H,20,23). The highest BCUT2D eigenvalue weighted by Crippen LogP contribution is 2.17. The molecule has 0 saturated heterocycles. The lowest BCUT2D eigenvalue weighted by molar-refractivity contribution is -0.117. The molecule has 0 saturated carbocycles. The molecular formula is C17H17F2N3O3. The van der Waals surface area contributed by atoms with Crippen LogP contribution in [0.1, 0.15) is 24.1 Å². The third-order valence-corrected chi connectivity index (χ3v) is 3.68. The zero-order chi connectivity index (χ0) is 18.7. The van der Waals surface area contributed by atoms with E-state index in [1.807, 2.05) is 0 Å². The van der Waals surface area contributed by atoms with Crippen molar-refractivity contribution < 1.29 is 13.6 Å². The Kier molecular flexibility index (Phi) is 5.31. The van der Waals surface area contributed by atoms with E-state index in [4.69, 9.17) is 0 Å². The Morgan fingerprint density at radius 1 is 1.24 bits per heavy atom. The lowest BCUT2D eigenvalue weighted by Gasteiger charge is -2.13. The molecule has 0 bridgehead atoms. The molecule has 1 N–H and O–H groups in total. The number of carbonyl (C=O) groups excluding carboxylic acids is 1. The van der Waals surface area contributed by atoms with Gasteiger partial charge in [0.2, 0.25) is 5.91 Å². The fraction of sp³-hybridized carbons (Fsp3) is 0.235. The third kappa shape index (κ3) is 4.09. The molecule has 0 aliphatic rings. The minimum atomic E-state index is -0.760. The number of rotatable bonds is 4. The Morgan fingerprint density at radius 2 is 1.92 bits per heavy atom. The molecule has 1 atom stereocenters. The summed E-state index contributed by atoms with van der Waals surface area (Å²) in [5.41, 5.74) is -0.724. The number of hydrogen-bond donors (Lipinski definition) is 1. The molecule has 0 aliphatic carbocycles. The maximum Gasteiger partial charge on any atom is 0.330 e. The van der Waals surface area contributed by atoms with E-state index >= 15 is 0 Å². The van der Waals surface area contributed by atoms with E-state index in [2.05, 4.69) is 5.32 Å². The van der Waals surface area contributed by atoms with Crippen molar-refractivity contribution in [1.82, 2.24) is 14.5 Å². The van der Waals surface area contributed by atoms with Crippen LogP contribution in [0.15, 0.2) is 40.1 Å². The van der Waals surface area contributed by atoms with Gasteiger partial charge >= 0.3 is 5.69 Å². The molecule has 1 unspecified atom stereocenters. The molecule has 6 nitrogen and oxygen atoms in total. The van der Waals surface area contributed by atoms with Crippen LogP contribution >= 0.6 is 0 Å². The summed E-state index contributed by atoms with van der Waals surface area (Å²) < 4.78 is 28.8. The van der Waals surface area contributed by atoms with Crippen LogP contribution in [0.3, 0.4) is 0 Å². The summed E-state index contributed by atoms with van der Waals surface area (Å²) in [6.07, 6.45) is 3.70. The van der Waals surface area contributed by atoms with Crippen LogP contribution in [0.4, 0.5) is 8.78 Å². The molecular weight excluding hydrogens is 332 g/mol. The van der Waals surface area contributed by atoms with Gasteiger partial charge in [0, 0.05) is 38.0 Å². The van der Waals surface area contributed by atoms with Crippen molar-refractivity contribution in [2.24, 2.45) is 14.1 Å². The Labute approximate surface area is 142 Å². The van der Waals surface area contributed by atoms with Gasteiger partial charge in [-0.1, -0.05) is 6.07 Å². The number of halogens is 2. The van der Waals surface area contributed by atoms with Gasteiger partial charge in [-0.2, -0.15) is 0 Å². The van der Waals surface area contributed by atoms with E-state index in [1.54, 1.807) is 6.92 Å². The van der Waals surface area contributed by atoms with E-state index in [9.17, 15) is 23.2 Å². The van der Waals surface area contributed by atoms with E-state index in [-0.39, 0.29) is 11.1 Å². The molecule has 1 heterocycles. The zero-order valence-corrected chi connectivity index (χ0v) is 13.9. The van der Waals surface area contributed by atoms with E-state index < -0.39 is 34.8 Å².